The monoisotopic (exact) mass is 276 g/mol. The highest BCUT2D eigenvalue weighted by Gasteiger charge is 2.45. The average Bonchev–Trinajstić information content (AvgIpc) is 2.81. The molecule has 2 saturated heterocycles. The summed E-state index contributed by atoms with van der Waals surface area (Å²) in [7, 11) is 0. The zero-order valence-corrected chi connectivity index (χ0v) is 11.3. The van der Waals surface area contributed by atoms with E-state index in [1.54, 1.807) is 0 Å². The van der Waals surface area contributed by atoms with Gasteiger partial charge in [-0.05, 0) is 44.6 Å². The standard InChI is InChI=1S/C14H23F3N2/c15-14(16,17)11-4-1-5-12(7-11)19-8-10-3-2-6-18-13(10)9-19/h10-13,18H,1-9H2/t10-,11?,12?,13+/m0/s1. The van der Waals surface area contributed by atoms with Crippen LogP contribution in [0.2, 0.25) is 0 Å². The zero-order valence-electron chi connectivity index (χ0n) is 11.3. The number of nitrogens with zero attached hydrogens (tertiary/aromatic N) is 1. The van der Waals surface area contributed by atoms with Crippen molar-refractivity contribution in [2.75, 3.05) is 19.6 Å². The molecule has 0 amide bonds. The molecule has 4 atom stereocenters. The van der Waals surface area contributed by atoms with Crippen molar-refractivity contribution < 1.29 is 13.2 Å². The van der Waals surface area contributed by atoms with Crippen molar-refractivity contribution in [3.05, 3.63) is 0 Å². The van der Waals surface area contributed by atoms with Crippen molar-refractivity contribution in [3.8, 4) is 0 Å². The Hall–Kier alpha value is -0.290. The lowest BCUT2D eigenvalue weighted by molar-refractivity contribution is -0.186. The number of hydrogen-bond donors (Lipinski definition) is 1. The molecule has 2 aliphatic heterocycles. The van der Waals surface area contributed by atoms with Gasteiger partial charge in [-0.3, -0.25) is 4.90 Å². The predicted octanol–water partition coefficient (Wildman–Crippen LogP) is 2.79. The van der Waals surface area contributed by atoms with Gasteiger partial charge in [-0.25, -0.2) is 0 Å². The van der Waals surface area contributed by atoms with Crippen molar-refractivity contribution in [2.24, 2.45) is 11.8 Å². The molecule has 0 aromatic heterocycles. The molecule has 19 heavy (non-hydrogen) atoms. The van der Waals surface area contributed by atoms with Crippen LogP contribution >= 0.6 is 0 Å². The third-order valence-electron chi connectivity index (χ3n) is 5.25. The Morgan fingerprint density at radius 1 is 1.00 bits per heavy atom. The Morgan fingerprint density at radius 3 is 2.58 bits per heavy atom. The quantitative estimate of drug-likeness (QED) is 0.792. The van der Waals surface area contributed by atoms with E-state index in [0.29, 0.717) is 24.8 Å². The lowest BCUT2D eigenvalue weighted by Crippen LogP contribution is -2.43. The summed E-state index contributed by atoms with van der Waals surface area (Å²) in [6, 6.07) is 0.688. The lowest BCUT2D eigenvalue weighted by Gasteiger charge is -2.36. The second kappa shape index (κ2) is 5.24. The summed E-state index contributed by atoms with van der Waals surface area (Å²) in [6.07, 6.45) is 0.792. The van der Waals surface area contributed by atoms with Crippen LogP contribution in [0.25, 0.3) is 0 Å². The van der Waals surface area contributed by atoms with Gasteiger partial charge in [-0.2, -0.15) is 13.2 Å². The number of alkyl halides is 3. The van der Waals surface area contributed by atoms with Crippen molar-refractivity contribution in [1.29, 1.82) is 0 Å². The van der Waals surface area contributed by atoms with E-state index >= 15 is 0 Å². The Balaban J connectivity index is 1.60. The third-order valence-corrected chi connectivity index (χ3v) is 5.25. The molecule has 0 radical (unpaired) electrons. The lowest BCUT2D eigenvalue weighted by atomic mass is 9.84. The molecular weight excluding hydrogens is 253 g/mol. The minimum atomic E-state index is -4.00. The van der Waals surface area contributed by atoms with Crippen LogP contribution < -0.4 is 5.32 Å². The molecule has 3 rings (SSSR count). The van der Waals surface area contributed by atoms with Gasteiger partial charge in [-0.1, -0.05) is 6.42 Å². The van der Waals surface area contributed by atoms with Crippen molar-refractivity contribution in [3.63, 3.8) is 0 Å². The predicted molar refractivity (Wildman–Crippen MR) is 67.9 cm³/mol. The highest BCUT2D eigenvalue weighted by molar-refractivity contribution is 4.95. The number of piperidine rings is 1. The number of fused-ring (bicyclic) bond motifs is 1. The van der Waals surface area contributed by atoms with Gasteiger partial charge in [0.1, 0.15) is 0 Å². The molecule has 2 nitrogen and oxygen atoms in total. The van der Waals surface area contributed by atoms with Crippen LogP contribution in [0.5, 0.6) is 0 Å². The summed E-state index contributed by atoms with van der Waals surface area (Å²) in [6.45, 7) is 3.04. The molecule has 1 N–H and O–H groups in total. The van der Waals surface area contributed by atoms with Gasteiger partial charge in [0, 0.05) is 25.2 Å². The van der Waals surface area contributed by atoms with E-state index in [9.17, 15) is 13.2 Å². The SMILES string of the molecule is FC(F)(F)C1CCCC(N2C[C@@H]3CCCN[C@@H]3C2)C1. The number of halogens is 3. The second-order valence-corrected chi connectivity index (χ2v) is 6.48. The fourth-order valence-corrected chi connectivity index (χ4v) is 4.17. The van der Waals surface area contributed by atoms with Crippen molar-refractivity contribution in [1.82, 2.24) is 10.2 Å². The maximum absolute atomic E-state index is 12.9. The molecule has 1 aliphatic carbocycles. The molecule has 1 saturated carbocycles. The largest absolute Gasteiger partial charge is 0.391 e. The maximum atomic E-state index is 12.9. The first-order valence-corrected chi connectivity index (χ1v) is 7.58. The van der Waals surface area contributed by atoms with Crippen LogP contribution in [0.3, 0.4) is 0 Å². The minimum Gasteiger partial charge on any atom is -0.312 e. The van der Waals surface area contributed by atoms with E-state index in [1.165, 1.54) is 12.8 Å². The van der Waals surface area contributed by atoms with Crippen molar-refractivity contribution >= 4 is 0 Å². The molecule has 5 heteroatoms. The summed E-state index contributed by atoms with van der Waals surface area (Å²) >= 11 is 0. The second-order valence-electron chi connectivity index (χ2n) is 6.48. The first-order valence-electron chi connectivity index (χ1n) is 7.58. The number of hydrogen-bond acceptors (Lipinski definition) is 2. The van der Waals surface area contributed by atoms with Gasteiger partial charge in [0.25, 0.3) is 0 Å². The van der Waals surface area contributed by atoms with Crippen LogP contribution in [0, 0.1) is 11.8 Å². The first-order chi connectivity index (χ1) is 9.04. The molecular formula is C14H23F3N2. The molecule has 110 valence electrons. The summed E-state index contributed by atoms with van der Waals surface area (Å²) in [5.41, 5.74) is 0. The van der Waals surface area contributed by atoms with E-state index in [0.717, 1.165) is 32.5 Å². The topological polar surface area (TPSA) is 15.3 Å². The van der Waals surface area contributed by atoms with Gasteiger partial charge < -0.3 is 5.32 Å². The molecule has 0 aromatic rings. The number of rotatable bonds is 1. The molecule has 2 heterocycles. The Bertz CT molecular complexity index is 304. The normalized spacial score (nSPS) is 41.2. The van der Waals surface area contributed by atoms with Crippen LogP contribution in [0.4, 0.5) is 13.2 Å². The van der Waals surface area contributed by atoms with Crippen LogP contribution in [0.1, 0.15) is 38.5 Å². The van der Waals surface area contributed by atoms with E-state index in [2.05, 4.69) is 10.2 Å². The fourth-order valence-electron chi connectivity index (χ4n) is 4.17. The Kier molecular flexibility index (Phi) is 3.78. The number of nitrogens with one attached hydrogen (secondary N) is 1. The maximum Gasteiger partial charge on any atom is 0.391 e. The molecule has 3 aliphatic rings. The summed E-state index contributed by atoms with van der Waals surface area (Å²) < 4.78 is 38.6. The highest BCUT2D eigenvalue weighted by Crippen LogP contribution is 2.40. The van der Waals surface area contributed by atoms with E-state index in [4.69, 9.17) is 0 Å². The van der Waals surface area contributed by atoms with Crippen LogP contribution in [0.15, 0.2) is 0 Å². The van der Waals surface area contributed by atoms with Gasteiger partial charge in [0.15, 0.2) is 0 Å². The van der Waals surface area contributed by atoms with Gasteiger partial charge in [-0.15, -0.1) is 0 Å². The third kappa shape index (κ3) is 2.92. The van der Waals surface area contributed by atoms with E-state index in [-0.39, 0.29) is 6.04 Å². The van der Waals surface area contributed by atoms with E-state index < -0.39 is 12.1 Å². The Labute approximate surface area is 112 Å². The Morgan fingerprint density at radius 2 is 1.84 bits per heavy atom. The fraction of sp³-hybridized carbons (Fsp3) is 1.00. The number of likely N-dealkylation sites (tertiary alicyclic amines) is 1. The highest BCUT2D eigenvalue weighted by atomic mass is 19.4. The summed E-state index contributed by atoms with van der Waals surface area (Å²) in [5, 5.41) is 3.53. The summed E-state index contributed by atoms with van der Waals surface area (Å²) in [4.78, 5) is 2.34. The van der Waals surface area contributed by atoms with Gasteiger partial charge >= 0.3 is 6.18 Å². The van der Waals surface area contributed by atoms with E-state index in [1.807, 2.05) is 0 Å². The van der Waals surface area contributed by atoms with Crippen LogP contribution in [-0.2, 0) is 0 Å². The zero-order chi connectivity index (χ0) is 13.5. The molecule has 0 bridgehead atoms. The molecule has 2 unspecified atom stereocenters. The molecule has 0 aromatic carbocycles. The smallest absolute Gasteiger partial charge is 0.312 e. The van der Waals surface area contributed by atoms with Crippen molar-refractivity contribution in [2.45, 2.75) is 56.8 Å². The minimum absolute atomic E-state index is 0.160. The first kappa shape index (κ1) is 13.7. The molecule has 3 fully saturated rings. The summed E-state index contributed by atoms with van der Waals surface area (Å²) in [5.74, 6) is -0.401. The van der Waals surface area contributed by atoms with Gasteiger partial charge in [0.05, 0.1) is 5.92 Å². The van der Waals surface area contributed by atoms with Gasteiger partial charge in [0.2, 0.25) is 0 Å². The average molecular weight is 276 g/mol. The van der Waals surface area contributed by atoms with Crippen LogP contribution in [-0.4, -0.2) is 42.8 Å². The molecule has 0 spiro atoms.